The summed E-state index contributed by atoms with van der Waals surface area (Å²) in [5.41, 5.74) is 7.86. The fourth-order valence-electron chi connectivity index (χ4n) is 11.1. The first kappa shape index (κ1) is 49.1. The standard InChI is InChI=1S/C58H55N7O9/c1-37(39-15-5-2-6-16-39)61-57(71)64-46-28-23-38(14-13-29-60-56(59)70)36-45(46)58(55(64)69)48(53(67)62-42-24-26-43(27-25-42)63-30-33-72-34-31-63)50-54(68)74-51(41-19-9-4-10-20-41)49(40-17-7-3-8-18-40)65(50)52(58)44-21-11-12-22-47(44)73-35-32-66/h2-12,15-28,36-37,48-52,66H,29-35H2,1H3,(H,61,71)(H,62,67)(H3,59,60,70)/t37-,48+,49+,50+,51-,52-,58+/m1/s1. The van der Waals surface area contributed by atoms with Gasteiger partial charge in [0.2, 0.25) is 11.8 Å². The molecule has 16 nitrogen and oxygen atoms in total. The van der Waals surface area contributed by atoms with E-state index >= 15 is 19.2 Å². The van der Waals surface area contributed by atoms with Crippen molar-refractivity contribution in [3.63, 3.8) is 0 Å². The van der Waals surface area contributed by atoms with Crippen molar-refractivity contribution in [2.75, 3.05) is 61.2 Å². The molecule has 0 aliphatic carbocycles. The van der Waals surface area contributed by atoms with Gasteiger partial charge in [0.05, 0.1) is 56.1 Å². The van der Waals surface area contributed by atoms with E-state index in [1.807, 2.05) is 108 Å². The smallest absolute Gasteiger partial charge is 0.329 e. The molecular formula is C58H55N7O9. The minimum Gasteiger partial charge on any atom is -0.491 e. The van der Waals surface area contributed by atoms with Gasteiger partial charge in [0.15, 0.2) is 0 Å². The zero-order valence-electron chi connectivity index (χ0n) is 40.6. The zero-order chi connectivity index (χ0) is 51.3. The van der Waals surface area contributed by atoms with Crippen LogP contribution < -0.4 is 36.2 Å². The quantitative estimate of drug-likeness (QED) is 0.0646. The van der Waals surface area contributed by atoms with Crippen LogP contribution in [0.2, 0.25) is 0 Å². The van der Waals surface area contributed by atoms with Crippen LogP contribution in [0.25, 0.3) is 0 Å². The number of nitrogens with two attached hydrogens (primary N) is 1. The molecule has 6 aromatic carbocycles. The molecule has 74 heavy (non-hydrogen) atoms. The molecule has 0 saturated carbocycles. The van der Waals surface area contributed by atoms with Gasteiger partial charge in [0.25, 0.3) is 0 Å². The van der Waals surface area contributed by atoms with Crippen molar-refractivity contribution < 1.29 is 43.3 Å². The molecule has 0 bridgehead atoms. The van der Waals surface area contributed by atoms with E-state index in [2.05, 4.69) is 32.7 Å². The molecule has 16 heteroatoms. The highest BCUT2D eigenvalue weighted by Crippen LogP contribution is 2.66. The van der Waals surface area contributed by atoms with E-state index in [0.29, 0.717) is 54.2 Å². The molecule has 6 aromatic rings. The summed E-state index contributed by atoms with van der Waals surface area (Å²) in [5, 5.41) is 18.8. The summed E-state index contributed by atoms with van der Waals surface area (Å²) in [6, 6.07) is 41.6. The minimum atomic E-state index is -2.15. The van der Waals surface area contributed by atoms with Gasteiger partial charge in [-0.2, -0.15) is 0 Å². The Labute approximate surface area is 428 Å². The van der Waals surface area contributed by atoms with E-state index in [4.69, 9.17) is 19.9 Å². The highest BCUT2D eigenvalue weighted by atomic mass is 16.6. The minimum absolute atomic E-state index is 0.0999. The summed E-state index contributed by atoms with van der Waals surface area (Å²) in [7, 11) is 0. The van der Waals surface area contributed by atoms with Gasteiger partial charge in [0.1, 0.15) is 29.9 Å². The van der Waals surface area contributed by atoms with Crippen LogP contribution in [0.4, 0.5) is 26.7 Å². The first-order chi connectivity index (χ1) is 36.1. The average molecular weight is 994 g/mol. The van der Waals surface area contributed by atoms with Gasteiger partial charge in [-0.15, -0.1) is 0 Å². The lowest BCUT2D eigenvalue weighted by molar-refractivity contribution is -0.177. The van der Waals surface area contributed by atoms with Crippen LogP contribution in [-0.2, 0) is 29.3 Å². The molecule has 0 radical (unpaired) electrons. The number of fused-ring (bicyclic) bond motifs is 3. The first-order valence-corrected chi connectivity index (χ1v) is 24.6. The summed E-state index contributed by atoms with van der Waals surface area (Å²) in [4.78, 5) is 80.7. The fraction of sp³-hybridized carbons (Fsp3) is 0.259. The lowest BCUT2D eigenvalue weighted by Gasteiger charge is -2.46. The predicted molar refractivity (Wildman–Crippen MR) is 277 cm³/mol. The molecule has 0 unspecified atom stereocenters. The van der Waals surface area contributed by atoms with Crippen LogP contribution in [0.15, 0.2) is 158 Å². The Morgan fingerprint density at radius 1 is 0.824 bits per heavy atom. The largest absolute Gasteiger partial charge is 0.491 e. The van der Waals surface area contributed by atoms with E-state index < -0.39 is 71.5 Å². The zero-order valence-corrected chi connectivity index (χ0v) is 40.6. The third-order valence-electron chi connectivity index (χ3n) is 14.2. The van der Waals surface area contributed by atoms with Crippen LogP contribution in [0.3, 0.4) is 0 Å². The topological polar surface area (TPSA) is 205 Å². The molecule has 3 saturated heterocycles. The number of carbonyl (C=O) groups excluding carboxylic acids is 5. The van der Waals surface area contributed by atoms with Gasteiger partial charge in [0, 0.05) is 35.6 Å². The van der Waals surface area contributed by atoms with Gasteiger partial charge >= 0.3 is 18.0 Å². The Kier molecular flexibility index (Phi) is 14.1. The highest BCUT2D eigenvalue weighted by molar-refractivity contribution is 6.25. The molecule has 0 aromatic heterocycles. The summed E-state index contributed by atoms with van der Waals surface area (Å²) in [6.45, 7) is 3.77. The Bertz CT molecular complexity index is 3110. The number of urea groups is 2. The number of esters is 1. The number of morpholine rings is 2. The number of anilines is 3. The summed E-state index contributed by atoms with van der Waals surface area (Å²) in [6.07, 6.45) is -0.973. The molecule has 6 N–H and O–H groups in total. The van der Waals surface area contributed by atoms with Crippen LogP contribution in [-0.4, -0.2) is 92.0 Å². The van der Waals surface area contributed by atoms with Crippen molar-refractivity contribution in [2.24, 2.45) is 11.7 Å². The molecule has 7 atom stereocenters. The Morgan fingerprint density at radius 2 is 1.49 bits per heavy atom. The third-order valence-corrected chi connectivity index (χ3v) is 14.2. The fourth-order valence-corrected chi connectivity index (χ4v) is 11.1. The summed E-state index contributed by atoms with van der Waals surface area (Å²) < 4.78 is 18.6. The monoisotopic (exact) mass is 993 g/mol. The van der Waals surface area contributed by atoms with E-state index in [1.54, 1.807) is 61.5 Å². The number of hydrogen-bond donors (Lipinski definition) is 5. The number of nitrogens with zero attached hydrogens (tertiary/aromatic N) is 3. The summed E-state index contributed by atoms with van der Waals surface area (Å²) >= 11 is 0. The molecule has 376 valence electrons. The maximum atomic E-state index is 16.8. The van der Waals surface area contributed by atoms with Gasteiger partial charge in [-0.05, 0) is 77.7 Å². The van der Waals surface area contributed by atoms with Crippen LogP contribution in [0, 0.1) is 17.8 Å². The second-order valence-electron chi connectivity index (χ2n) is 18.5. The average Bonchev–Trinajstić information content (AvgIpc) is 3.97. The van der Waals surface area contributed by atoms with E-state index in [0.717, 1.165) is 16.2 Å². The van der Waals surface area contributed by atoms with Crippen molar-refractivity contribution in [3.8, 4) is 17.6 Å². The Hall–Kier alpha value is -8.49. The number of primary amides is 1. The number of hydrogen-bond acceptors (Lipinski definition) is 11. The van der Waals surface area contributed by atoms with Crippen molar-refractivity contribution in [1.29, 1.82) is 0 Å². The summed E-state index contributed by atoms with van der Waals surface area (Å²) in [5.74, 6) is 2.38. The third kappa shape index (κ3) is 9.17. The van der Waals surface area contributed by atoms with Gasteiger partial charge in [-0.25, -0.2) is 14.5 Å². The highest BCUT2D eigenvalue weighted by Gasteiger charge is 2.76. The van der Waals surface area contributed by atoms with Gasteiger partial charge < -0.3 is 45.9 Å². The molecule has 4 aliphatic rings. The number of aliphatic hydroxyl groups is 1. The molecule has 4 heterocycles. The first-order valence-electron chi connectivity index (χ1n) is 24.6. The Morgan fingerprint density at radius 3 is 2.18 bits per heavy atom. The van der Waals surface area contributed by atoms with Crippen molar-refractivity contribution >= 4 is 46.9 Å². The normalized spacial score (nSPS) is 22.4. The number of cyclic esters (lactones) is 1. The predicted octanol–water partition coefficient (Wildman–Crippen LogP) is 6.69. The van der Waals surface area contributed by atoms with E-state index in [9.17, 15) is 9.90 Å². The van der Waals surface area contributed by atoms with Crippen molar-refractivity contribution in [2.45, 2.75) is 42.6 Å². The number of carbonyl (C=O) groups is 5. The lowest BCUT2D eigenvalue weighted by atomic mass is 9.65. The van der Waals surface area contributed by atoms with Gasteiger partial charge in [-0.1, -0.05) is 121 Å². The molecular weight excluding hydrogens is 939 g/mol. The van der Waals surface area contributed by atoms with E-state index in [1.165, 1.54) is 0 Å². The molecule has 10 rings (SSSR count). The molecule has 3 fully saturated rings. The number of rotatable bonds is 12. The maximum absolute atomic E-state index is 16.8. The number of imide groups is 1. The number of para-hydroxylation sites is 1. The van der Waals surface area contributed by atoms with Gasteiger partial charge in [-0.3, -0.25) is 19.3 Å². The van der Waals surface area contributed by atoms with Crippen LogP contribution >= 0.6 is 0 Å². The molecule has 6 amide bonds. The number of ether oxygens (including phenoxy) is 3. The lowest BCUT2D eigenvalue weighted by Crippen LogP contribution is -2.55. The van der Waals surface area contributed by atoms with E-state index in [-0.39, 0.29) is 36.8 Å². The SMILES string of the molecule is C[C@@H](NC(=O)N1C(=O)[C@@]2(c3cc(C#CCNC(N)=O)ccc31)[C@H](C(=O)Nc1ccc(N3CCOCC3)cc1)[C@H]1C(=O)O[C@H](c3ccccc3)[C@H](c3ccccc3)N1[C@@H]2c1ccccc1OCCO)c1ccccc1. The molecule has 1 spiro atoms. The van der Waals surface area contributed by atoms with Crippen molar-refractivity contribution in [3.05, 3.63) is 191 Å². The van der Waals surface area contributed by atoms with Crippen LogP contribution in [0.5, 0.6) is 5.75 Å². The van der Waals surface area contributed by atoms with Crippen LogP contribution in [0.1, 0.15) is 64.5 Å². The molecule has 4 aliphatic heterocycles. The second kappa shape index (κ2) is 21.3. The number of benzene rings is 6. The number of nitrogens with one attached hydrogen (secondary N) is 3. The van der Waals surface area contributed by atoms with Crippen molar-refractivity contribution in [1.82, 2.24) is 15.5 Å². The number of aliphatic hydroxyl groups excluding tert-OH is 1. The number of amides is 6. The Balaban J connectivity index is 1.24. The maximum Gasteiger partial charge on any atom is 0.329 e. The second-order valence-corrected chi connectivity index (χ2v) is 18.5.